The largest absolute Gasteiger partial charge is 0.397 e. The zero-order valence-electron chi connectivity index (χ0n) is 9.16. The van der Waals surface area contributed by atoms with Crippen LogP contribution in [0.15, 0.2) is 40.0 Å². The second-order valence-electron chi connectivity index (χ2n) is 3.52. The van der Waals surface area contributed by atoms with Crippen molar-refractivity contribution >= 4 is 33.4 Å². The van der Waals surface area contributed by atoms with Gasteiger partial charge in [-0.2, -0.15) is 0 Å². The highest BCUT2D eigenvalue weighted by atomic mass is 79.9. The van der Waals surface area contributed by atoms with Crippen LogP contribution in [0.2, 0.25) is 0 Å². The van der Waals surface area contributed by atoms with Crippen molar-refractivity contribution in [2.24, 2.45) is 0 Å². The van der Waals surface area contributed by atoms with Crippen LogP contribution in [0.3, 0.4) is 0 Å². The summed E-state index contributed by atoms with van der Waals surface area (Å²) < 4.78 is 27.5. The van der Waals surface area contributed by atoms with Crippen LogP contribution in [0, 0.1) is 11.6 Å². The molecule has 1 heterocycles. The first-order valence-electron chi connectivity index (χ1n) is 5.04. The summed E-state index contributed by atoms with van der Waals surface area (Å²) in [5, 5.41) is 0. The lowest BCUT2D eigenvalue weighted by Crippen LogP contribution is -1.96. The van der Waals surface area contributed by atoms with E-state index < -0.39 is 11.6 Å². The van der Waals surface area contributed by atoms with Crippen molar-refractivity contribution in [3.63, 3.8) is 0 Å². The number of hydrogen-bond acceptors (Lipinski definition) is 3. The minimum atomic E-state index is -0.574. The Kier molecular flexibility index (Phi) is 4.19. The van der Waals surface area contributed by atoms with E-state index in [4.69, 9.17) is 5.73 Å². The first-order chi connectivity index (χ1) is 8.59. The molecule has 0 bridgehead atoms. The third kappa shape index (κ3) is 2.81. The van der Waals surface area contributed by atoms with Crippen LogP contribution in [-0.4, -0.2) is 4.98 Å². The molecule has 1 aromatic heterocycles. The smallest absolute Gasteiger partial charge is 0.144 e. The second-order valence-corrected chi connectivity index (χ2v) is 5.40. The van der Waals surface area contributed by atoms with Gasteiger partial charge in [0.2, 0.25) is 0 Å². The third-order valence-corrected chi connectivity index (χ3v) is 4.05. The maximum absolute atomic E-state index is 13.7. The molecule has 0 spiro atoms. The predicted octanol–water partition coefficient (Wildman–Crippen LogP) is 4.00. The van der Waals surface area contributed by atoms with Gasteiger partial charge in [-0.3, -0.25) is 4.98 Å². The van der Waals surface area contributed by atoms with E-state index in [9.17, 15) is 8.78 Å². The summed E-state index contributed by atoms with van der Waals surface area (Å²) in [4.78, 5) is 4.61. The van der Waals surface area contributed by atoms with E-state index in [-0.39, 0.29) is 15.8 Å². The number of nitrogens with two attached hydrogens (primary N) is 1. The Morgan fingerprint density at radius 3 is 2.78 bits per heavy atom. The molecule has 6 heteroatoms. The van der Waals surface area contributed by atoms with Crippen molar-refractivity contribution in [3.8, 4) is 0 Å². The van der Waals surface area contributed by atoms with Crippen molar-refractivity contribution in [3.05, 3.63) is 52.3 Å². The lowest BCUT2D eigenvalue weighted by Gasteiger charge is -2.07. The molecule has 0 unspecified atom stereocenters. The number of pyridine rings is 1. The van der Waals surface area contributed by atoms with E-state index in [2.05, 4.69) is 20.9 Å². The zero-order chi connectivity index (χ0) is 13.1. The number of thioether (sulfide) groups is 1. The molecular formula is C12H9BrF2N2S. The summed E-state index contributed by atoms with van der Waals surface area (Å²) in [7, 11) is 0. The van der Waals surface area contributed by atoms with Crippen LogP contribution in [0.25, 0.3) is 0 Å². The molecule has 0 saturated heterocycles. The average Bonchev–Trinajstić information content (AvgIpc) is 2.36. The van der Waals surface area contributed by atoms with Gasteiger partial charge in [-0.05, 0) is 34.1 Å². The van der Waals surface area contributed by atoms with E-state index in [1.54, 1.807) is 12.3 Å². The molecule has 94 valence electrons. The maximum atomic E-state index is 13.7. The number of benzene rings is 1. The van der Waals surface area contributed by atoms with Gasteiger partial charge in [0, 0.05) is 22.4 Å². The van der Waals surface area contributed by atoms with Crippen molar-refractivity contribution in [1.82, 2.24) is 4.98 Å². The zero-order valence-corrected chi connectivity index (χ0v) is 11.6. The number of halogens is 3. The molecule has 0 saturated carbocycles. The van der Waals surface area contributed by atoms with Crippen LogP contribution in [0.1, 0.15) is 5.56 Å². The fourth-order valence-electron chi connectivity index (χ4n) is 1.38. The van der Waals surface area contributed by atoms with Gasteiger partial charge in [0.05, 0.1) is 16.4 Å². The molecule has 2 aromatic rings. The van der Waals surface area contributed by atoms with Crippen molar-refractivity contribution < 1.29 is 8.78 Å². The van der Waals surface area contributed by atoms with E-state index in [1.165, 1.54) is 30.1 Å². The standard InChI is InChI=1S/C12H9BrF2N2S/c13-8-1-2-9(14)7(12(8)15)6-18-11-3-4-17-5-10(11)16/h1-5H,6,16H2. The monoisotopic (exact) mass is 330 g/mol. The molecular weight excluding hydrogens is 322 g/mol. The number of anilines is 1. The molecule has 0 atom stereocenters. The summed E-state index contributed by atoms with van der Waals surface area (Å²) in [6, 6.07) is 4.30. The van der Waals surface area contributed by atoms with Gasteiger partial charge in [-0.25, -0.2) is 8.78 Å². The molecule has 0 fully saturated rings. The minimum absolute atomic E-state index is 0.0330. The normalized spacial score (nSPS) is 10.6. The molecule has 0 amide bonds. The highest BCUT2D eigenvalue weighted by molar-refractivity contribution is 9.10. The number of rotatable bonds is 3. The highest BCUT2D eigenvalue weighted by Crippen LogP contribution is 2.31. The SMILES string of the molecule is Nc1cnccc1SCc1c(F)ccc(Br)c1F. The summed E-state index contributed by atoms with van der Waals surface area (Å²) in [5.74, 6) is -0.961. The maximum Gasteiger partial charge on any atom is 0.144 e. The first-order valence-corrected chi connectivity index (χ1v) is 6.82. The van der Waals surface area contributed by atoms with Crippen molar-refractivity contribution in [1.29, 1.82) is 0 Å². The third-order valence-electron chi connectivity index (χ3n) is 2.32. The minimum Gasteiger partial charge on any atom is -0.397 e. The van der Waals surface area contributed by atoms with Crippen LogP contribution in [0.4, 0.5) is 14.5 Å². The van der Waals surface area contributed by atoms with Crippen molar-refractivity contribution in [2.45, 2.75) is 10.6 Å². The van der Waals surface area contributed by atoms with Gasteiger partial charge in [0.1, 0.15) is 11.6 Å². The molecule has 1 aromatic carbocycles. The van der Waals surface area contributed by atoms with Gasteiger partial charge < -0.3 is 5.73 Å². The Bertz CT molecular complexity index is 578. The number of nitrogens with zero attached hydrogens (tertiary/aromatic N) is 1. The van der Waals surface area contributed by atoms with Gasteiger partial charge in [-0.1, -0.05) is 0 Å². The van der Waals surface area contributed by atoms with E-state index >= 15 is 0 Å². The first kappa shape index (κ1) is 13.3. The highest BCUT2D eigenvalue weighted by Gasteiger charge is 2.13. The topological polar surface area (TPSA) is 38.9 Å². The van der Waals surface area contributed by atoms with Crippen LogP contribution in [0.5, 0.6) is 0 Å². The van der Waals surface area contributed by atoms with Gasteiger partial charge in [0.15, 0.2) is 0 Å². The molecule has 0 aliphatic carbocycles. The number of hydrogen-bond donors (Lipinski definition) is 1. The summed E-state index contributed by atoms with van der Waals surface area (Å²) in [6.07, 6.45) is 3.10. The van der Waals surface area contributed by atoms with Gasteiger partial charge >= 0.3 is 0 Å². The average molecular weight is 331 g/mol. The molecule has 0 radical (unpaired) electrons. The Balaban J connectivity index is 2.21. The lowest BCUT2D eigenvalue weighted by atomic mass is 10.2. The van der Waals surface area contributed by atoms with Crippen LogP contribution < -0.4 is 5.73 Å². The van der Waals surface area contributed by atoms with Crippen molar-refractivity contribution in [2.75, 3.05) is 5.73 Å². The Morgan fingerprint density at radius 2 is 2.06 bits per heavy atom. The van der Waals surface area contributed by atoms with E-state index in [1.807, 2.05) is 0 Å². The number of aromatic nitrogens is 1. The Hall–Kier alpha value is -1.14. The molecule has 18 heavy (non-hydrogen) atoms. The van der Waals surface area contributed by atoms with Crippen LogP contribution in [-0.2, 0) is 5.75 Å². The molecule has 2 nitrogen and oxygen atoms in total. The Morgan fingerprint density at radius 1 is 1.28 bits per heavy atom. The summed E-state index contributed by atoms with van der Waals surface area (Å²) >= 11 is 4.31. The Labute approximate surface area is 116 Å². The van der Waals surface area contributed by atoms with E-state index in [0.29, 0.717) is 5.69 Å². The fraction of sp³-hybridized carbons (Fsp3) is 0.0833. The summed E-state index contributed by atoms with van der Waals surface area (Å²) in [6.45, 7) is 0. The predicted molar refractivity (Wildman–Crippen MR) is 72.3 cm³/mol. The molecule has 2 rings (SSSR count). The van der Waals surface area contributed by atoms with E-state index in [0.717, 1.165) is 4.90 Å². The second kappa shape index (κ2) is 5.67. The molecule has 0 aliphatic heterocycles. The molecule has 2 N–H and O–H groups in total. The molecule has 0 aliphatic rings. The number of nitrogen functional groups attached to an aromatic ring is 1. The summed E-state index contributed by atoms with van der Waals surface area (Å²) in [5.41, 5.74) is 6.24. The quantitative estimate of drug-likeness (QED) is 0.683. The lowest BCUT2D eigenvalue weighted by molar-refractivity contribution is 0.562. The fourth-order valence-corrected chi connectivity index (χ4v) is 2.69. The van der Waals surface area contributed by atoms with Gasteiger partial charge in [-0.15, -0.1) is 11.8 Å². The van der Waals surface area contributed by atoms with Crippen LogP contribution >= 0.6 is 27.7 Å². The van der Waals surface area contributed by atoms with Gasteiger partial charge in [0.25, 0.3) is 0 Å².